The van der Waals surface area contributed by atoms with Crippen LogP contribution in [0.5, 0.6) is 0 Å². The number of carbonyl (C=O) groups excluding carboxylic acids is 2. The highest BCUT2D eigenvalue weighted by Crippen LogP contribution is 2.57. The zero-order valence-electron chi connectivity index (χ0n) is 18.2. The van der Waals surface area contributed by atoms with Crippen molar-refractivity contribution in [3.05, 3.63) is 0 Å². The van der Waals surface area contributed by atoms with Gasteiger partial charge in [-0.25, -0.2) is 9.67 Å². The second-order valence-electron chi connectivity index (χ2n) is 8.80. The van der Waals surface area contributed by atoms with Gasteiger partial charge in [0.15, 0.2) is 6.29 Å². The Labute approximate surface area is 195 Å². The van der Waals surface area contributed by atoms with E-state index in [1.165, 1.54) is 25.7 Å². The van der Waals surface area contributed by atoms with E-state index in [1.54, 1.807) is 0 Å². The Kier molecular flexibility index (Phi) is 10.1. The van der Waals surface area contributed by atoms with Crippen molar-refractivity contribution in [3.63, 3.8) is 0 Å². The Morgan fingerprint density at radius 3 is 1.81 bits per heavy atom. The number of rotatable bonds is 14. The molecule has 10 heteroatoms. The Hall–Kier alpha value is -0.640. The molecular formula is C21H36Cl2N4O4. The molecule has 0 aromatic carbocycles. The summed E-state index contributed by atoms with van der Waals surface area (Å²) in [6.45, 7) is 3.94. The first-order chi connectivity index (χ1) is 15.1. The van der Waals surface area contributed by atoms with Gasteiger partial charge in [-0.2, -0.15) is 0 Å². The maximum Gasteiger partial charge on any atom is 0.224 e. The standard InChI is InChI=1S/C21H36Cl2N4O4/c1-2-3-4-5-6-7-15-30-18-13-12-14(19(18)31-15)17(21(29)25-9-11-27-23)16(13)20(28)24-8-10-26-22/h13-19,26-27H,2-12H2,1H3,(H,24,28)(H,25,29). The number of nitrogens with one attached hydrogen (secondary N) is 4. The quantitative estimate of drug-likeness (QED) is 0.225. The second-order valence-corrected chi connectivity index (χ2v) is 9.33. The number of hydrogen-bond acceptors (Lipinski definition) is 6. The van der Waals surface area contributed by atoms with Crippen molar-refractivity contribution >= 4 is 35.4 Å². The molecule has 8 nitrogen and oxygen atoms in total. The minimum atomic E-state index is -0.419. The number of amides is 2. The van der Waals surface area contributed by atoms with Crippen LogP contribution in [0.3, 0.4) is 0 Å². The number of fused-ring (bicyclic) bond motifs is 5. The third kappa shape index (κ3) is 6.03. The molecule has 0 spiro atoms. The van der Waals surface area contributed by atoms with Gasteiger partial charge in [-0.3, -0.25) is 9.59 Å². The number of carbonyl (C=O) groups is 2. The summed E-state index contributed by atoms with van der Waals surface area (Å²) < 4.78 is 12.5. The highest BCUT2D eigenvalue weighted by Gasteiger charge is 2.66. The van der Waals surface area contributed by atoms with Crippen LogP contribution in [0.2, 0.25) is 0 Å². The molecule has 4 N–H and O–H groups in total. The van der Waals surface area contributed by atoms with Crippen LogP contribution in [0.4, 0.5) is 0 Å². The molecular weight excluding hydrogens is 443 g/mol. The van der Waals surface area contributed by atoms with Crippen molar-refractivity contribution in [1.82, 2.24) is 20.3 Å². The molecule has 1 heterocycles. The molecule has 6 atom stereocenters. The highest BCUT2D eigenvalue weighted by atomic mass is 35.5. The van der Waals surface area contributed by atoms with Gasteiger partial charge in [0.2, 0.25) is 11.8 Å². The fraction of sp³-hybridized carbons (Fsp3) is 0.905. The Morgan fingerprint density at radius 1 is 0.806 bits per heavy atom. The lowest BCUT2D eigenvalue weighted by molar-refractivity contribution is -0.140. The smallest absolute Gasteiger partial charge is 0.224 e. The molecule has 31 heavy (non-hydrogen) atoms. The van der Waals surface area contributed by atoms with Crippen LogP contribution >= 0.6 is 23.6 Å². The van der Waals surface area contributed by atoms with Crippen molar-refractivity contribution < 1.29 is 19.1 Å². The van der Waals surface area contributed by atoms with Crippen molar-refractivity contribution in [2.24, 2.45) is 23.7 Å². The molecule has 2 amide bonds. The first kappa shape index (κ1) is 25.0. The predicted molar refractivity (Wildman–Crippen MR) is 119 cm³/mol. The highest BCUT2D eigenvalue weighted by molar-refractivity contribution is 6.13. The average Bonchev–Trinajstić information content (AvgIpc) is 3.44. The van der Waals surface area contributed by atoms with Crippen LogP contribution in [0.1, 0.15) is 51.9 Å². The number of halogens is 2. The lowest BCUT2D eigenvalue weighted by Crippen LogP contribution is -2.52. The van der Waals surface area contributed by atoms with Gasteiger partial charge in [0.1, 0.15) is 0 Å². The monoisotopic (exact) mass is 478 g/mol. The molecule has 0 aromatic heterocycles. The maximum atomic E-state index is 13.0. The van der Waals surface area contributed by atoms with E-state index in [4.69, 9.17) is 33.0 Å². The summed E-state index contributed by atoms with van der Waals surface area (Å²) in [5, 5.41) is 5.82. The molecule has 1 saturated heterocycles. The zero-order chi connectivity index (χ0) is 22.2. The van der Waals surface area contributed by atoms with Crippen molar-refractivity contribution in [3.8, 4) is 0 Å². The van der Waals surface area contributed by atoms with Crippen molar-refractivity contribution in [2.45, 2.75) is 70.4 Å². The largest absolute Gasteiger partial charge is 0.355 e. The molecule has 0 radical (unpaired) electrons. The minimum absolute atomic E-state index is 0.00838. The third-order valence-corrected chi connectivity index (χ3v) is 7.20. The summed E-state index contributed by atoms with van der Waals surface area (Å²) >= 11 is 11.0. The molecule has 0 aromatic rings. The van der Waals surface area contributed by atoms with Gasteiger partial charge in [-0.05, 0) is 42.8 Å². The van der Waals surface area contributed by atoms with E-state index in [2.05, 4.69) is 27.2 Å². The molecule has 2 saturated carbocycles. The van der Waals surface area contributed by atoms with Crippen LogP contribution in [0, 0.1) is 23.7 Å². The Balaban J connectivity index is 1.62. The van der Waals surface area contributed by atoms with Gasteiger partial charge < -0.3 is 20.1 Å². The summed E-state index contributed by atoms with van der Waals surface area (Å²) in [6, 6.07) is 0. The molecule has 3 fully saturated rings. The molecule has 178 valence electrons. The predicted octanol–water partition coefficient (Wildman–Crippen LogP) is 2.06. The zero-order valence-corrected chi connectivity index (χ0v) is 19.7. The van der Waals surface area contributed by atoms with E-state index in [0.29, 0.717) is 26.2 Å². The van der Waals surface area contributed by atoms with E-state index in [1.807, 2.05) is 0 Å². The lowest BCUT2D eigenvalue weighted by Gasteiger charge is -2.34. The van der Waals surface area contributed by atoms with Crippen molar-refractivity contribution in [2.75, 3.05) is 26.2 Å². The van der Waals surface area contributed by atoms with Crippen LogP contribution in [0.15, 0.2) is 0 Å². The van der Waals surface area contributed by atoms with E-state index >= 15 is 0 Å². The van der Waals surface area contributed by atoms with Gasteiger partial charge in [0, 0.05) is 38.0 Å². The van der Waals surface area contributed by atoms with Gasteiger partial charge in [0.05, 0.1) is 24.0 Å². The lowest BCUT2D eigenvalue weighted by atomic mass is 9.75. The first-order valence-electron chi connectivity index (χ1n) is 11.7. The molecule has 2 bridgehead atoms. The summed E-state index contributed by atoms with van der Waals surface area (Å²) in [4.78, 5) is 31.0. The van der Waals surface area contributed by atoms with Gasteiger partial charge >= 0.3 is 0 Å². The van der Waals surface area contributed by atoms with Gasteiger partial charge in [-0.1, -0.05) is 32.6 Å². The van der Waals surface area contributed by atoms with Crippen LogP contribution < -0.4 is 20.3 Å². The van der Waals surface area contributed by atoms with E-state index < -0.39 is 11.8 Å². The third-order valence-electron chi connectivity index (χ3n) is 6.83. The van der Waals surface area contributed by atoms with Crippen LogP contribution in [-0.2, 0) is 19.1 Å². The molecule has 6 unspecified atom stereocenters. The fourth-order valence-electron chi connectivity index (χ4n) is 5.51. The molecule has 1 aliphatic heterocycles. The van der Waals surface area contributed by atoms with Crippen LogP contribution in [0.25, 0.3) is 0 Å². The van der Waals surface area contributed by atoms with Crippen molar-refractivity contribution in [1.29, 1.82) is 0 Å². The maximum absolute atomic E-state index is 13.0. The molecule has 3 aliphatic rings. The van der Waals surface area contributed by atoms with E-state index in [-0.39, 0.29) is 42.1 Å². The Bertz CT molecular complexity index is 558. The number of unbranched alkanes of at least 4 members (excludes halogenated alkanes) is 4. The normalized spacial score (nSPS) is 33.5. The fourth-order valence-corrected chi connectivity index (χ4v) is 5.70. The van der Waals surface area contributed by atoms with E-state index in [9.17, 15) is 9.59 Å². The summed E-state index contributed by atoms with van der Waals surface area (Å²) in [5.41, 5.74) is 0. The van der Waals surface area contributed by atoms with Crippen LogP contribution in [-0.4, -0.2) is 56.5 Å². The summed E-state index contributed by atoms with van der Waals surface area (Å²) in [5.74, 6) is -1.08. The topological polar surface area (TPSA) is 101 Å². The molecule has 2 aliphatic carbocycles. The minimum Gasteiger partial charge on any atom is -0.355 e. The van der Waals surface area contributed by atoms with Gasteiger partial charge in [0.25, 0.3) is 0 Å². The average molecular weight is 479 g/mol. The Morgan fingerprint density at radius 2 is 1.32 bits per heavy atom. The van der Waals surface area contributed by atoms with E-state index in [0.717, 1.165) is 19.3 Å². The first-order valence-corrected chi connectivity index (χ1v) is 12.4. The number of hydrogen-bond donors (Lipinski definition) is 4. The summed E-state index contributed by atoms with van der Waals surface area (Å²) in [7, 11) is 0. The number of ether oxygens (including phenoxy) is 2. The summed E-state index contributed by atoms with van der Waals surface area (Å²) in [6.07, 6.45) is 7.16. The van der Waals surface area contributed by atoms with Gasteiger partial charge in [-0.15, -0.1) is 0 Å². The SMILES string of the molecule is CCCCCCCC1OC2C3CC(C2O1)C(C(=O)NCCNCl)C3C(=O)NCCNCl. The second kappa shape index (κ2) is 12.6. The molecule has 3 rings (SSSR count).